The van der Waals surface area contributed by atoms with Crippen molar-refractivity contribution >= 4 is 62.5 Å². The van der Waals surface area contributed by atoms with Gasteiger partial charge in [0.2, 0.25) is 16.7 Å². The number of benzene rings is 3. The number of carbonyl (C=O) groups is 2. The lowest BCUT2D eigenvalue weighted by molar-refractivity contribution is -0.117. The number of para-hydroxylation sites is 1. The molecule has 1 aliphatic rings. The summed E-state index contributed by atoms with van der Waals surface area (Å²) >= 11 is 8.58. The number of amides is 1. The second-order valence-corrected chi connectivity index (χ2v) is 12.5. The van der Waals surface area contributed by atoms with Crippen LogP contribution in [0.25, 0.3) is 11.0 Å². The Hall–Kier alpha value is -4.72. The molecule has 1 unspecified atom stereocenters. The molecule has 3 aromatic carbocycles. The van der Waals surface area contributed by atoms with E-state index in [1.54, 1.807) is 42.5 Å². The van der Waals surface area contributed by atoms with Crippen molar-refractivity contribution in [3.05, 3.63) is 93.9 Å². The molecular weight excluding hydrogens is 654 g/mol. The van der Waals surface area contributed by atoms with Gasteiger partial charge in [-0.25, -0.2) is 0 Å². The Morgan fingerprint density at radius 2 is 1.67 bits per heavy atom. The maximum Gasteiger partial charge on any atom is 0.296 e. The minimum atomic E-state index is -1.16. The summed E-state index contributed by atoms with van der Waals surface area (Å²) in [5.74, 6) is -0.484. The normalized spacial score (nSPS) is 14.7. The first-order chi connectivity index (χ1) is 22.3. The smallest absolute Gasteiger partial charge is 0.296 e. The zero-order valence-corrected chi connectivity index (χ0v) is 27.3. The molecule has 0 bridgehead atoms. The molecule has 0 aliphatic carbocycles. The van der Waals surface area contributed by atoms with Crippen molar-refractivity contribution in [1.29, 1.82) is 0 Å². The summed E-state index contributed by atoms with van der Waals surface area (Å²) in [5, 5.41) is 21.3. The highest BCUT2D eigenvalue weighted by molar-refractivity contribution is 8.00. The number of thioether (sulfide) groups is 1. The van der Waals surface area contributed by atoms with Crippen LogP contribution in [0.3, 0.4) is 0 Å². The Bertz CT molecular complexity index is 1960. The minimum absolute atomic E-state index is 0.0929. The SMILES string of the molecule is COc1cc(C2C(C(=O)c3cc4cccc(OC)c4o3)=C(O)C(=O)N2c2nnc(SCc3ccc(Cl)cc3)s2)cc(OC)c1OC. The molecule has 236 valence electrons. The van der Waals surface area contributed by atoms with E-state index in [2.05, 4.69) is 10.2 Å². The summed E-state index contributed by atoms with van der Waals surface area (Å²) in [5.41, 5.74) is 1.54. The molecule has 14 heteroatoms. The molecule has 0 fully saturated rings. The van der Waals surface area contributed by atoms with Crippen LogP contribution < -0.4 is 23.8 Å². The van der Waals surface area contributed by atoms with Crippen molar-refractivity contribution in [3.63, 3.8) is 0 Å². The van der Waals surface area contributed by atoms with Gasteiger partial charge in [0, 0.05) is 16.2 Å². The minimum Gasteiger partial charge on any atom is -0.503 e. The molecule has 0 saturated heterocycles. The van der Waals surface area contributed by atoms with Crippen LogP contribution in [0.15, 0.2) is 80.8 Å². The summed E-state index contributed by atoms with van der Waals surface area (Å²) < 4.78 is 28.5. The predicted molar refractivity (Wildman–Crippen MR) is 174 cm³/mol. The van der Waals surface area contributed by atoms with Crippen LogP contribution in [0.2, 0.25) is 5.02 Å². The molecular formula is C32H26ClN3O8S2. The Balaban J connectivity index is 1.44. The quantitative estimate of drug-likeness (QED) is 0.0875. The highest BCUT2D eigenvalue weighted by Crippen LogP contribution is 2.48. The number of halogens is 1. The average Bonchev–Trinajstić information content (AvgIpc) is 3.79. The fraction of sp³-hybridized carbons (Fsp3) is 0.188. The van der Waals surface area contributed by atoms with Gasteiger partial charge in [0.25, 0.3) is 5.91 Å². The molecule has 2 aromatic heterocycles. The zero-order valence-electron chi connectivity index (χ0n) is 24.9. The lowest BCUT2D eigenvalue weighted by Gasteiger charge is -2.25. The van der Waals surface area contributed by atoms with Crippen molar-refractivity contribution in [1.82, 2.24) is 10.2 Å². The molecule has 1 aliphatic heterocycles. The van der Waals surface area contributed by atoms with Crippen LogP contribution >= 0.6 is 34.7 Å². The van der Waals surface area contributed by atoms with Crippen LogP contribution in [0.1, 0.15) is 27.7 Å². The number of furan rings is 1. The van der Waals surface area contributed by atoms with E-state index in [0.29, 0.717) is 43.1 Å². The number of hydrogen-bond acceptors (Lipinski definition) is 12. The molecule has 5 aromatic rings. The van der Waals surface area contributed by atoms with Gasteiger partial charge in [-0.1, -0.05) is 59.0 Å². The second kappa shape index (κ2) is 12.9. The third-order valence-corrected chi connectivity index (χ3v) is 9.66. The predicted octanol–water partition coefficient (Wildman–Crippen LogP) is 7.05. The van der Waals surface area contributed by atoms with Gasteiger partial charge in [0.15, 0.2) is 38.7 Å². The van der Waals surface area contributed by atoms with Gasteiger partial charge in [-0.3, -0.25) is 14.5 Å². The first kappa shape index (κ1) is 31.3. The second-order valence-electron chi connectivity index (χ2n) is 9.88. The van der Waals surface area contributed by atoms with Gasteiger partial charge < -0.3 is 28.5 Å². The number of ketones is 1. The van der Waals surface area contributed by atoms with Gasteiger partial charge in [-0.05, 0) is 47.5 Å². The van der Waals surface area contributed by atoms with Gasteiger partial charge in [0.05, 0.1) is 40.1 Å². The molecule has 11 nitrogen and oxygen atoms in total. The lowest BCUT2D eigenvalue weighted by atomic mass is 9.94. The Morgan fingerprint density at radius 3 is 2.33 bits per heavy atom. The third-order valence-electron chi connectivity index (χ3n) is 7.28. The topological polar surface area (TPSA) is 133 Å². The van der Waals surface area contributed by atoms with Crippen molar-refractivity contribution < 1.29 is 38.1 Å². The molecule has 0 spiro atoms. The molecule has 3 heterocycles. The Labute approximate surface area is 276 Å². The van der Waals surface area contributed by atoms with E-state index in [0.717, 1.165) is 16.9 Å². The number of fused-ring (bicyclic) bond motifs is 1. The van der Waals surface area contributed by atoms with E-state index in [1.165, 1.54) is 51.2 Å². The number of hydrogen-bond donors (Lipinski definition) is 1. The summed E-state index contributed by atoms with van der Waals surface area (Å²) in [6, 6.07) is 16.3. The number of aromatic nitrogens is 2. The fourth-order valence-electron chi connectivity index (χ4n) is 5.13. The molecule has 6 rings (SSSR count). The number of methoxy groups -OCH3 is 4. The third kappa shape index (κ3) is 5.61. The number of aliphatic hydroxyl groups excluding tert-OH is 1. The highest BCUT2D eigenvalue weighted by atomic mass is 35.5. The molecule has 1 atom stereocenters. The fourth-order valence-corrected chi connectivity index (χ4v) is 7.08. The van der Waals surface area contributed by atoms with E-state index in [1.807, 2.05) is 12.1 Å². The zero-order chi connectivity index (χ0) is 32.5. The van der Waals surface area contributed by atoms with Crippen molar-refractivity contribution in [2.45, 2.75) is 16.1 Å². The van der Waals surface area contributed by atoms with E-state index in [4.69, 9.17) is 35.0 Å². The highest BCUT2D eigenvalue weighted by Gasteiger charge is 2.47. The van der Waals surface area contributed by atoms with E-state index in [-0.39, 0.29) is 28.0 Å². The first-order valence-corrected chi connectivity index (χ1v) is 15.8. The Morgan fingerprint density at radius 1 is 0.978 bits per heavy atom. The van der Waals surface area contributed by atoms with Gasteiger partial charge >= 0.3 is 0 Å². The molecule has 1 N–H and O–H groups in total. The van der Waals surface area contributed by atoms with Crippen LogP contribution in [0, 0.1) is 0 Å². The summed E-state index contributed by atoms with van der Waals surface area (Å²) in [7, 11) is 5.86. The van der Waals surface area contributed by atoms with Crippen LogP contribution in [-0.2, 0) is 10.5 Å². The van der Waals surface area contributed by atoms with Crippen molar-refractivity contribution in [2.24, 2.45) is 0 Å². The number of aliphatic hydroxyl groups is 1. The van der Waals surface area contributed by atoms with Crippen molar-refractivity contribution in [2.75, 3.05) is 33.3 Å². The number of nitrogens with zero attached hydrogens (tertiary/aromatic N) is 3. The van der Waals surface area contributed by atoms with Gasteiger partial charge in [-0.15, -0.1) is 10.2 Å². The summed E-state index contributed by atoms with van der Waals surface area (Å²) in [4.78, 5) is 29.2. The van der Waals surface area contributed by atoms with Crippen LogP contribution in [0.5, 0.6) is 23.0 Å². The molecule has 0 radical (unpaired) electrons. The standard InChI is InChI=1S/C32H26ClN3O8S2/c1-40-20-7-5-6-17-12-21(44-28(17)20)26(37)24-25(18-13-22(41-2)29(43-4)23(14-18)42-3)36(30(39)27(24)38)31-34-35-32(46-31)45-15-16-8-10-19(33)11-9-16/h5-14,25,38H,15H2,1-4H3. The van der Waals surface area contributed by atoms with Crippen molar-refractivity contribution in [3.8, 4) is 23.0 Å². The Kier molecular flexibility index (Phi) is 8.80. The number of Topliss-reactive ketones (excluding diaryl/α,β-unsaturated/α-hetero) is 1. The maximum atomic E-state index is 14.2. The largest absolute Gasteiger partial charge is 0.503 e. The van der Waals surface area contributed by atoms with E-state index < -0.39 is 23.5 Å². The first-order valence-electron chi connectivity index (χ1n) is 13.7. The monoisotopic (exact) mass is 679 g/mol. The average molecular weight is 680 g/mol. The van der Waals surface area contributed by atoms with Gasteiger partial charge in [0.1, 0.15) is 0 Å². The summed E-state index contributed by atoms with van der Waals surface area (Å²) in [6.07, 6.45) is 0. The van der Waals surface area contributed by atoms with Gasteiger partial charge in [-0.2, -0.15) is 0 Å². The van der Waals surface area contributed by atoms with E-state index >= 15 is 0 Å². The maximum absolute atomic E-state index is 14.2. The van der Waals surface area contributed by atoms with Crippen LogP contribution in [-0.4, -0.2) is 55.4 Å². The number of ether oxygens (including phenoxy) is 4. The number of anilines is 1. The molecule has 1 amide bonds. The number of carbonyl (C=O) groups excluding carboxylic acids is 2. The molecule has 46 heavy (non-hydrogen) atoms. The number of rotatable bonds is 11. The van der Waals surface area contributed by atoms with E-state index in [9.17, 15) is 14.7 Å². The van der Waals surface area contributed by atoms with Crippen LogP contribution in [0.4, 0.5) is 5.13 Å². The molecule has 0 saturated carbocycles. The lowest BCUT2D eigenvalue weighted by Crippen LogP contribution is -2.31. The summed E-state index contributed by atoms with van der Waals surface area (Å²) in [6.45, 7) is 0.